The van der Waals surface area contributed by atoms with Gasteiger partial charge in [0.15, 0.2) is 12.2 Å². The molecule has 0 saturated heterocycles. The summed E-state index contributed by atoms with van der Waals surface area (Å²) in [6.45, 7) is 0. The first-order valence-electron chi connectivity index (χ1n) is 7.85. The molecule has 1 aliphatic heterocycles. The second kappa shape index (κ2) is 8.11. The predicted molar refractivity (Wildman–Crippen MR) is 87.6 cm³/mol. The Labute approximate surface area is 143 Å². The monoisotopic (exact) mass is 351 g/mol. The number of carboxylic acids is 2. The average Bonchev–Trinajstić information content (AvgIpc) is 2.60. The van der Waals surface area contributed by atoms with Crippen LogP contribution in [-0.2, 0) is 9.59 Å². The molecule has 0 amide bonds. The number of aliphatic carboxylic acids is 2. The number of carbonyl (C=O) groups is 2. The highest BCUT2D eigenvalue weighted by Crippen LogP contribution is 2.24. The molecule has 1 aromatic rings. The maximum Gasteiger partial charge on any atom is 0.335 e. The van der Waals surface area contributed by atoms with Crippen LogP contribution in [0.3, 0.4) is 0 Å². The van der Waals surface area contributed by atoms with Gasteiger partial charge in [0.05, 0.1) is 6.10 Å². The van der Waals surface area contributed by atoms with E-state index in [1.165, 1.54) is 16.0 Å². The van der Waals surface area contributed by atoms with Crippen molar-refractivity contribution >= 4 is 23.7 Å². The molecule has 1 heterocycles. The van der Waals surface area contributed by atoms with E-state index in [0.717, 1.165) is 19.3 Å². The van der Waals surface area contributed by atoms with Gasteiger partial charge in [-0.3, -0.25) is 0 Å². The van der Waals surface area contributed by atoms with Gasteiger partial charge in [0.25, 0.3) is 0 Å². The number of carboxylic acid groups (broad SMARTS) is 2. The molecule has 3 rings (SSSR count). The molecule has 1 aromatic carbocycles. The van der Waals surface area contributed by atoms with Gasteiger partial charge < -0.3 is 30.8 Å². The molecule has 8 heteroatoms. The molecule has 1 saturated carbocycles. The molecule has 4 atom stereocenters. The molecule has 1 aliphatic carbocycles. The summed E-state index contributed by atoms with van der Waals surface area (Å²) in [5, 5.41) is 48.2. The first kappa shape index (κ1) is 18.9. The maximum atomic E-state index is 9.77. The summed E-state index contributed by atoms with van der Waals surface area (Å²) < 4.78 is 0. The van der Waals surface area contributed by atoms with Gasteiger partial charge in [-0.2, -0.15) is 0 Å². The van der Waals surface area contributed by atoms with Crippen molar-refractivity contribution in [2.75, 3.05) is 0 Å². The van der Waals surface area contributed by atoms with E-state index in [2.05, 4.69) is 35.8 Å². The van der Waals surface area contributed by atoms with E-state index in [-0.39, 0.29) is 6.10 Å². The molecule has 2 aliphatic rings. The highest BCUT2D eigenvalue weighted by atomic mass is 16.4. The van der Waals surface area contributed by atoms with Crippen molar-refractivity contribution < 1.29 is 35.1 Å². The lowest BCUT2D eigenvalue weighted by Crippen LogP contribution is -2.45. The van der Waals surface area contributed by atoms with E-state index >= 15 is 0 Å². The second-order valence-corrected chi connectivity index (χ2v) is 5.98. The van der Waals surface area contributed by atoms with Crippen LogP contribution in [0.2, 0.25) is 0 Å². The van der Waals surface area contributed by atoms with Crippen LogP contribution in [-0.4, -0.2) is 61.8 Å². The fraction of sp³-hybridized carbons (Fsp3) is 0.412. The van der Waals surface area contributed by atoms with Crippen LogP contribution in [0, 0.1) is 0 Å². The van der Waals surface area contributed by atoms with Gasteiger partial charge in [0, 0.05) is 12.2 Å². The van der Waals surface area contributed by atoms with Gasteiger partial charge in [-0.05, 0) is 35.3 Å². The first-order valence-corrected chi connectivity index (χ1v) is 7.85. The predicted octanol–water partition coefficient (Wildman–Crippen LogP) is -2.03. The Balaban J connectivity index is 0.000000199. The molecule has 6 N–H and O–H groups in total. The van der Waals surface area contributed by atoms with Crippen molar-refractivity contribution in [3.63, 3.8) is 0 Å². The summed E-state index contributed by atoms with van der Waals surface area (Å²) in [6.07, 6.45) is 0.196. The van der Waals surface area contributed by atoms with E-state index in [0.29, 0.717) is 6.04 Å². The topological polar surface area (TPSA) is 147 Å². The van der Waals surface area contributed by atoms with E-state index in [9.17, 15) is 14.7 Å². The maximum absolute atomic E-state index is 9.77. The van der Waals surface area contributed by atoms with Gasteiger partial charge >= 0.3 is 11.9 Å². The lowest BCUT2D eigenvalue weighted by atomic mass is 9.85. The standard InChI is InChI=1S/C13H15NO.C4H6O6/c15-10-5-6-13-12(7-10)11-4-2-1-3-9(11)8-14-13;5-1(3(7)8)2(6)4(9)10/h1-4,8,10,13-15H,5-7H2;1-2,5-6H,(H,7,8)(H,9,10). The zero-order valence-corrected chi connectivity index (χ0v) is 13.4. The van der Waals surface area contributed by atoms with Crippen LogP contribution >= 0.6 is 0 Å². The third-order valence-corrected chi connectivity index (χ3v) is 4.22. The first-order chi connectivity index (χ1) is 11.8. The fourth-order valence-electron chi connectivity index (χ4n) is 2.89. The van der Waals surface area contributed by atoms with Crippen LogP contribution in [0.25, 0.3) is 11.8 Å². The van der Waals surface area contributed by atoms with E-state index in [4.69, 9.17) is 20.4 Å². The zero-order chi connectivity index (χ0) is 18.6. The third-order valence-electron chi connectivity index (χ3n) is 4.22. The summed E-state index contributed by atoms with van der Waals surface area (Å²) in [5.74, 6) is -3.54. The molecule has 0 bridgehead atoms. The van der Waals surface area contributed by atoms with Gasteiger partial charge in [0.2, 0.25) is 0 Å². The molecule has 0 aromatic heterocycles. The van der Waals surface area contributed by atoms with Crippen LogP contribution in [0.4, 0.5) is 0 Å². The Morgan fingerprint density at radius 1 is 1.04 bits per heavy atom. The fourth-order valence-corrected chi connectivity index (χ4v) is 2.89. The lowest BCUT2D eigenvalue weighted by molar-refractivity contribution is -0.165. The number of rotatable bonds is 3. The van der Waals surface area contributed by atoms with Crippen LogP contribution < -0.4 is 15.8 Å². The number of hydrogen-bond donors (Lipinski definition) is 6. The number of benzene rings is 1. The molecule has 25 heavy (non-hydrogen) atoms. The normalized spacial score (nSPS) is 23.4. The highest BCUT2D eigenvalue weighted by molar-refractivity contribution is 5.83. The summed E-state index contributed by atoms with van der Waals surface area (Å²) in [5.41, 5.74) is 1.38. The van der Waals surface area contributed by atoms with Crippen molar-refractivity contribution in [2.24, 2.45) is 0 Å². The Morgan fingerprint density at radius 2 is 1.64 bits per heavy atom. The quantitative estimate of drug-likeness (QED) is 0.365. The van der Waals surface area contributed by atoms with E-state index in [1.54, 1.807) is 0 Å². The molecule has 0 spiro atoms. The van der Waals surface area contributed by atoms with Gasteiger partial charge in [0.1, 0.15) is 0 Å². The number of aliphatic hydroxyl groups excluding tert-OH is 3. The SMILES string of the molecule is O=C(O)C(O)C(O)C(=O)O.OC1CCC2NC=c3ccccc3=C2C1. The van der Waals surface area contributed by atoms with Crippen molar-refractivity contribution in [2.45, 2.75) is 43.6 Å². The van der Waals surface area contributed by atoms with Gasteiger partial charge in [-0.1, -0.05) is 24.3 Å². The highest BCUT2D eigenvalue weighted by Gasteiger charge is 2.29. The summed E-state index contributed by atoms with van der Waals surface area (Å²) in [4.78, 5) is 19.5. The molecule has 8 nitrogen and oxygen atoms in total. The smallest absolute Gasteiger partial charge is 0.335 e. The van der Waals surface area contributed by atoms with Crippen LogP contribution in [0.1, 0.15) is 19.3 Å². The minimum absolute atomic E-state index is 0.149. The van der Waals surface area contributed by atoms with Crippen LogP contribution in [0.15, 0.2) is 24.3 Å². The van der Waals surface area contributed by atoms with Crippen molar-refractivity contribution in [3.05, 3.63) is 34.7 Å². The van der Waals surface area contributed by atoms with E-state index < -0.39 is 24.1 Å². The van der Waals surface area contributed by atoms with E-state index in [1.807, 2.05) is 0 Å². The Bertz CT molecular complexity index is 743. The van der Waals surface area contributed by atoms with Gasteiger partial charge in [-0.25, -0.2) is 9.59 Å². The van der Waals surface area contributed by atoms with Crippen molar-refractivity contribution in [1.82, 2.24) is 5.32 Å². The third kappa shape index (κ3) is 4.56. The minimum Gasteiger partial charge on any atom is -0.479 e. The minimum atomic E-state index is -2.27. The molecular formula is C17H21NO7. The largest absolute Gasteiger partial charge is 0.479 e. The van der Waals surface area contributed by atoms with Crippen molar-refractivity contribution in [3.8, 4) is 0 Å². The number of fused-ring (bicyclic) bond motifs is 2. The number of aliphatic hydroxyl groups is 3. The van der Waals surface area contributed by atoms with Gasteiger partial charge in [-0.15, -0.1) is 0 Å². The molecule has 1 fully saturated rings. The summed E-state index contributed by atoms with van der Waals surface area (Å²) >= 11 is 0. The molecular weight excluding hydrogens is 330 g/mol. The van der Waals surface area contributed by atoms with Crippen LogP contribution in [0.5, 0.6) is 0 Å². The number of nitrogens with one attached hydrogen (secondary N) is 1. The molecule has 0 radical (unpaired) electrons. The zero-order valence-electron chi connectivity index (χ0n) is 13.4. The molecule has 136 valence electrons. The summed E-state index contributed by atoms with van der Waals surface area (Å²) in [7, 11) is 0. The molecule has 4 unspecified atom stereocenters. The average molecular weight is 351 g/mol. The van der Waals surface area contributed by atoms with Crippen molar-refractivity contribution in [1.29, 1.82) is 0 Å². The number of hydrogen-bond acceptors (Lipinski definition) is 6. The lowest BCUT2D eigenvalue weighted by Gasteiger charge is -2.31. The summed E-state index contributed by atoms with van der Waals surface area (Å²) in [6, 6.07) is 8.85. The Morgan fingerprint density at radius 3 is 2.24 bits per heavy atom. The Kier molecular flexibility index (Phi) is 6.13. The second-order valence-electron chi connectivity index (χ2n) is 5.98. The Hall–Kier alpha value is -2.42.